The van der Waals surface area contributed by atoms with Gasteiger partial charge in [-0.15, -0.1) is 0 Å². The molecule has 1 saturated heterocycles. The average molecular weight is 157 g/mol. The maximum absolute atomic E-state index is 5.60. The van der Waals surface area contributed by atoms with Gasteiger partial charge < -0.3 is 16.4 Å². The minimum atomic E-state index is 0.432. The van der Waals surface area contributed by atoms with Gasteiger partial charge >= 0.3 is 0 Å². The van der Waals surface area contributed by atoms with Gasteiger partial charge in [-0.1, -0.05) is 0 Å². The third kappa shape index (κ3) is 1.92. The third-order valence-corrected chi connectivity index (χ3v) is 2.61. The Balaban J connectivity index is 2.48. The molecule has 66 valence electrons. The van der Waals surface area contributed by atoms with Crippen LogP contribution in [0.2, 0.25) is 0 Å². The number of nitrogens with one attached hydrogen (secondary N) is 2. The minimum absolute atomic E-state index is 0.432. The minimum Gasteiger partial charge on any atom is -0.329 e. The normalized spacial score (nSPS) is 45.8. The summed E-state index contributed by atoms with van der Waals surface area (Å²) in [5.74, 6) is 0. The van der Waals surface area contributed by atoms with Crippen molar-refractivity contribution in [3.8, 4) is 0 Å². The first-order valence-electron chi connectivity index (χ1n) is 4.37. The van der Waals surface area contributed by atoms with Gasteiger partial charge in [-0.05, 0) is 20.8 Å². The molecule has 0 aromatic rings. The smallest absolute Gasteiger partial charge is 0.0344 e. The lowest BCUT2D eigenvalue weighted by Crippen LogP contribution is -2.65. The van der Waals surface area contributed by atoms with E-state index in [4.69, 9.17) is 5.73 Å². The standard InChI is InChI=1S/C8H19N3/c1-5-6(2)11-8(4-9)7(3)10-5/h5-8,10-11H,4,9H2,1-3H3. The number of piperazine rings is 1. The summed E-state index contributed by atoms with van der Waals surface area (Å²) in [7, 11) is 0. The van der Waals surface area contributed by atoms with Crippen molar-refractivity contribution in [1.82, 2.24) is 10.6 Å². The van der Waals surface area contributed by atoms with Gasteiger partial charge in [-0.25, -0.2) is 0 Å². The van der Waals surface area contributed by atoms with Crippen LogP contribution in [-0.2, 0) is 0 Å². The molecule has 0 aliphatic carbocycles. The average Bonchev–Trinajstić information content (AvgIpc) is 1.97. The molecule has 1 fully saturated rings. The van der Waals surface area contributed by atoms with Crippen LogP contribution in [0.5, 0.6) is 0 Å². The predicted molar refractivity (Wildman–Crippen MR) is 47.5 cm³/mol. The molecule has 0 spiro atoms. The second kappa shape index (κ2) is 3.52. The summed E-state index contributed by atoms with van der Waals surface area (Å²) in [6.45, 7) is 7.27. The Morgan fingerprint density at radius 3 is 2.09 bits per heavy atom. The van der Waals surface area contributed by atoms with Gasteiger partial charge in [0.05, 0.1) is 0 Å². The molecule has 11 heavy (non-hydrogen) atoms. The zero-order valence-corrected chi connectivity index (χ0v) is 7.59. The van der Waals surface area contributed by atoms with E-state index in [1.54, 1.807) is 0 Å². The molecule has 1 aliphatic rings. The first kappa shape index (κ1) is 8.97. The van der Waals surface area contributed by atoms with Crippen LogP contribution in [0.25, 0.3) is 0 Å². The van der Waals surface area contributed by atoms with Crippen LogP contribution in [0.15, 0.2) is 0 Å². The second-order valence-corrected chi connectivity index (χ2v) is 3.54. The van der Waals surface area contributed by atoms with Crippen LogP contribution in [-0.4, -0.2) is 30.7 Å². The van der Waals surface area contributed by atoms with Crippen molar-refractivity contribution < 1.29 is 0 Å². The van der Waals surface area contributed by atoms with Crippen molar-refractivity contribution in [2.24, 2.45) is 5.73 Å². The van der Waals surface area contributed by atoms with Crippen LogP contribution in [0.1, 0.15) is 20.8 Å². The summed E-state index contributed by atoms with van der Waals surface area (Å²) >= 11 is 0. The van der Waals surface area contributed by atoms with E-state index in [1.807, 2.05) is 0 Å². The molecule has 4 N–H and O–H groups in total. The van der Waals surface area contributed by atoms with Gasteiger partial charge in [0, 0.05) is 30.7 Å². The van der Waals surface area contributed by atoms with Crippen molar-refractivity contribution in [3.05, 3.63) is 0 Å². The number of hydrogen-bond donors (Lipinski definition) is 3. The van der Waals surface area contributed by atoms with Crippen LogP contribution < -0.4 is 16.4 Å². The lowest BCUT2D eigenvalue weighted by atomic mass is 10.00. The molecular formula is C8H19N3. The Bertz CT molecular complexity index is 127. The van der Waals surface area contributed by atoms with Crippen molar-refractivity contribution in [1.29, 1.82) is 0 Å². The Hall–Kier alpha value is -0.120. The molecule has 1 rings (SSSR count). The van der Waals surface area contributed by atoms with Gasteiger partial charge in [-0.3, -0.25) is 0 Å². The Morgan fingerprint density at radius 2 is 1.55 bits per heavy atom. The van der Waals surface area contributed by atoms with Crippen molar-refractivity contribution >= 4 is 0 Å². The van der Waals surface area contributed by atoms with E-state index in [-0.39, 0.29) is 0 Å². The first-order chi connectivity index (χ1) is 5.15. The molecule has 3 heteroatoms. The molecule has 1 aliphatic heterocycles. The summed E-state index contributed by atoms with van der Waals surface area (Å²) in [5, 5.41) is 6.97. The monoisotopic (exact) mass is 157 g/mol. The van der Waals surface area contributed by atoms with E-state index in [9.17, 15) is 0 Å². The molecule has 0 aromatic heterocycles. The van der Waals surface area contributed by atoms with E-state index in [1.165, 1.54) is 0 Å². The molecular weight excluding hydrogens is 138 g/mol. The van der Waals surface area contributed by atoms with Crippen LogP contribution in [0, 0.1) is 0 Å². The summed E-state index contributed by atoms with van der Waals surface area (Å²) in [5.41, 5.74) is 5.60. The predicted octanol–water partition coefficient (Wildman–Crippen LogP) is -0.328. The highest BCUT2D eigenvalue weighted by atomic mass is 15.1. The van der Waals surface area contributed by atoms with E-state index in [2.05, 4.69) is 31.4 Å². The summed E-state index contributed by atoms with van der Waals surface area (Å²) in [6, 6.07) is 2.00. The fourth-order valence-electron chi connectivity index (χ4n) is 1.57. The van der Waals surface area contributed by atoms with Crippen LogP contribution in [0.3, 0.4) is 0 Å². The van der Waals surface area contributed by atoms with Crippen molar-refractivity contribution in [2.75, 3.05) is 6.54 Å². The fraction of sp³-hybridized carbons (Fsp3) is 1.00. The summed E-state index contributed by atoms with van der Waals surface area (Å²) in [6.07, 6.45) is 0. The molecule has 0 bridgehead atoms. The molecule has 0 aromatic carbocycles. The molecule has 4 unspecified atom stereocenters. The summed E-state index contributed by atoms with van der Waals surface area (Å²) < 4.78 is 0. The van der Waals surface area contributed by atoms with Crippen LogP contribution in [0.4, 0.5) is 0 Å². The van der Waals surface area contributed by atoms with Gasteiger partial charge in [-0.2, -0.15) is 0 Å². The zero-order valence-electron chi connectivity index (χ0n) is 7.59. The largest absolute Gasteiger partial charge is 0.329 e. The van der Waals surface area contributed by atoms with Gasteiger partial charge in [0.15, 0.2) is 0 Å². The highest BCUT2D eigenvalue weighted by Gasteiger charge is 2.27. The summed E-state index contributed by atoms with van der Waals surface area (Å²) in [4.78, 5) is 0. The quantitative estimate of drug-likeness (QED) is 0.488. The number of nitrogens with two attached hydrogens (primary N) is 1. The maximum atomic E-state index is 5.60. The Morgan fingerprint density at radius 1 is 1.00 bits per heavy atom. The second-order valence-electron chi connectivity index (χ2n) is 3.54. The Labute approximate surface area is 68.7 Å². The van der Waals surface area contributed by atoms with Gasteiger partial charge in [0.25, 0.3) is 0 Å². The molecule has 0 amide bonds. The molecule has 4 atom stereocenters. The van der Waals surface area contributed by atoms with E-state index >= 15 is 0 Å². The zero-order chi connectivity index (χ0) is 8.43. The number of rotatable bonds is 1. The van der Waals surface area contributed by atoms with Crippen LogP contribution >= 0.6 is 0 Å². The van der Waals surface area contributed by atoms with Crippen molar-refractivity contribution in [2.45, 2.75) is 44.9 Å². The van der Waals surface area contributed by atoms with E-state index in [0.29, 0.717) is 30.7 Å². The maximum Gasteiger partial charge on any atom is 0.0344 e. The van der Waals surface area contributed by atoms with E-state index < -0.39 is 0 Å². The van der Waals surface area contributed by atoms with E-state index in [0.717, 1.165) is 0 Å². The third-order valence-electron chi connectivity index (χ3n) is 2.61. The van der Waals surface area contributed by atoms with Gasteiger partial charge in [0.2, 0.25) is 0 Å². The highest BCUT2D eigenvalue weighted by molar-refractivity contribution is 4.92. The molecule has 0 saturated carbocycles. The SMILES string of the molecule is CC1NC(C)C(CN)NC1C. The van der Waals surface area contributed by atoms with Gasteiger partial charge in [0.1, 0.15) is 0 Å². The lowest BCUT2D eigenvalue weighted by molar-refractivity contribution is 0.242. The first-order valence-corrected chi connectivity index (χ1v) is 4.37. The fourth-order valence-corrected chi connectivity index (χ4v) is 1.57. The molecule has 3 nitrogen and oxygen atoms in total. The van der Waals surface area contributed by atoms with Crippen molar-refractivity contribution in [3.63, 3.8) is 0 Å². The topological polar surface area (TPSA) is 50.1 Å². The highest BCUT2D eigenvalue weighted by Crippen LogP contribution is 2.05. The Kier molecular flexibility index (Phi) is 2.87. The molecule has 0 radical (unpaired) electrons. The number of hydrogen-bond acceptors (Lipinski definition) is 3. The molecule has 1 heterocycles. The lowest BCUT2D eigenvalue weighted by Gasteiger charge is -2.39.